The molecule has 0 unspecified atom stereocenters. The fourth-order valence-corrected chi connectivity index (χ4v) is 3.03. The van der Waals surface area contributed by atoms with Crippen LogP contribution in [0.15, 0.2) is 27.3 Å². The largest absolute Gasteiger partial charge is 0.461 e. The molecule has 1 aliphatic heterocycles. The van der Waals surface area contributed by atoms with Gasteiger partial charge in [0.1, 0.15) is 0 Å². The zero-order valence-electron chi connectivity index (χ0n) is 15.3. The molecule has 1 saturated heterocycles. The third-order valence-corrected chi connectivity index (χ3v) is 4.66. The summed E-state index contributed by atoms with van der Waals surface area (Å²) in [7, 11) is 0. The molecule has 0 aromatic carbocycles. The smallest absolute Gasteiger partial charge is 0.238 e. The second-order valence-electron chi connectivity index (χ2n) is 6.47. The summed E-state index contributed by atoms with van der Waals surface area (Å²) in [6, 6.07) is 3.53. The third kappa shape index (κ3) is 5.40. The minimum Gasteiger partial charge on any atom is -0.461 e. The van der Waals surface area contributed by atoms with Crippen LogP contribution in [0.1, 0.15) is 25.7 Å². The van der Waals surface area contributed by atoms with E-state index in [4.69, 9.17) is 8.94 Å². The number of hydrogen-bond acceptors (Lipinski definition) is 7. The van der Waals surface area contributed by atoms with E-state index in [0.29, 0.717) is 36.9 Å². The van der Waals surface area contributed by atoms with Crippen molar-refractivity contribution >= 4 is 5.91 Å². The molecular formula is C18H27N5O3. The van der Waals surface area contributed by atoms with Gasteiger partial charge in [-0.25, -0.2) is 0 Å². The highest BCUT2D eigenvalue weighted by molar-refractivity contribution is 5.75. The maximum atomic E-state index is 11.9. The molecule has 3 rings (SSSR count). The van der Waals surface area contributed by atoms with Gasteiger partial charge in [-0.3, -0.25) is 4.79 Å². The number of carbonyl (C=O) groups is 1. The molecule has 1 fully saturated rings. The first-order valence-corrected chi connectivity index (χ1v) is 9.32. The Bertz CT molecular complexity index is 662. The summed E-state index contributed by atoms with van der Waals surface area (Å²) in [6.07, 6.45) is 3.30. The highest BCUT2D eigenvalue weighted by Gasteiger charge is 2.15. The lowest BCUT2D eigenvalue weighted by molar-refractivity contribution is -0.121. The molecular weight excluding hydrogens is 334 g/mol. The normalized spacial score (nSPS) is 16.0. The number of furan rings is 1. The maximum absolute atomic E-state index is 11.9. The maximum Gasteiger partial charge on any atom is 0.238 e. The molecule has 1 N–H and O–H groups in total. The Balaban J connectivity index is 1.28. The average Bonchev–Trinajstić information content (AvgIpc) is 3.35. The molecule has 2 aromatic rings. The number of nitrogens with zero attached hydrogens (tertiary/aromatic N) is 4. The number of likely N-dealkylation sites (N-methyl/N-ethyl adjacent to an activating group) is 1. The highest BCUT2D eigenvalue weighted by Crippen LogP contribution is 2.16. The van der Waals surface area contributed by atoms with Crippen LogP contribution < -0.4 is 5.32 Å². The molecule has 3 heterocycles. The van der Waals surface area contributed by atoms with Gasteiger partial charge in [-0.1, -0.05) is 12.1 Å². The van der Waals surface area contributed by atoms with Gasteiger partial charge in [-0.15, -0.1) is 0 Å². The van der Waals surface area contributed by atoms with Crippen molar-refractivity contribution in [2.45, 2.75) is 26.2 Å². The lowest BCUT2D eigenvalue weighted by Crippen LogP contribution is -2.46. The first kappa shape index (κ1) is 18.6. The molecule has 1 aliphatic rings. The Morgan fingerprint density at radius 1 is 1.27 bits per heavy atom. The molecule has 8 nitrogen and oxygen atoms in total. The summed E-state index contributed by atoms with van der Waals surface area (Å²) in [5, 5.41) is 6.82. The van der Waals surface area contributed by atoms with E-state index >= 15 is 0 Å². The van der Waals surface area contributed by atoms with Crippen LogP contribution in [0.25, 0.3) is 11.6 Å². The predicted octanol–water partition coefficient (Wildman–Crippen LogP) is 1.41. The number of amides is 1. The van der Waals surface area contributed by atoms with Crippen LogP contribution in [-0.4, -0.2) is 71.7 Å². The molecule has 142 valence electrons. The van der Waals surface area contributed by atoms with Gasteiger partial charge in [0.25, 0.3) is 0 Å². The van der Waals surface area contributed by atoms with Crippen molar-refractivity contribution in [3.8, 4) is 11.6 Å². The van der Waals surface area contributed by atoms with Gasteiger partial charge in [0.05, 0.1) is 6.26 Å². The van der Waals surface area contributed by atoms with Gasteiger partial charge in [0.2, 0.25) is 17.6 Å². The molecule has 0 bridgehead atoms. The Kier molecular flexibility index (Phi) is 6.79. The van der Waals surface area contributed by atoms with Crippen molar-refractivity contribution in [3.63, 3.8) is 0 Å². The first-order valence-electron chi connectivity index (χ1n) is 9.32. The predicted molar refractivity (Wildman–Crippen MR) is 96.5 cm³/mol. The second kappa shape index (κ2) is 9.49. The first-order chi connectivity index (χ1) is 12.7. The summed E-state index contributed by atoms with van der Waals surface area (Å²) < 4.78 is 10.4. The van der Waals surface area contributed by atoms with Crippen molar-refractivity contribution in [2.24, 2.45) is 0 Å². The highest BCUT2D eigenvalue weighted by atomic mass is 16.5. The van der Waals surface area contributed by atoms with E-state index in [9.17, 15) is 4.79 Å². The summed E-state index contributed by atoms with van der Waals surface area (Å²) in [5.74, 6) is 1.43. The topological polar surface area (TPSA) is 87.6 Å². The number of nitrogens with one attached hydrogen (secondary N) is 1. The van der Waals surface area contributed by atoms with E-state index in [1.165, 1.54) is 0 Å². The second-order valence-corrected chi connectivity index (χ2v) is 6.47. The minimum atomic E-state index is 0.0125. The molecule has 2 aromatic heterocycles. The molecule has 8 heteroatoms. The van der Waals surface area contributed by atoms with Crippen LogP contribution in [0.3, 0.4) is 0 Å². The fourth-order valence-electron chi connectivity index (χ4n) is 3.03. The van der Waals surface area contributed by atoms with E-state index in [1.54, 1.807) is 18.4 Å². The van der Waals surface area contributed by atoms with E-state index < -0.39 is 0 Å². The van der Waals surface area contributed by atoms with Crippen LogP contribution in [0.5, 0.6) is 0 Å². The minimum absolute atomic E-state index is 0.0125. The molecule has 0 spiro atoms. The fraction of sp³-hybridized carbons (Fsp3) is 0.611. The van der Waals surface area contributed by atoms with Crippen molar-refractivity contribution < 1.29 is 13.7 Å². The number of hydrogen-bond donors (Lipinski definition) is 1. The molecule has 0 aliphatic carbocycles. The summed E-state index contributed by atoms with van der Waals surface area (Å²) in [4.78, 5) is 21.1. The number of aromatic nitrogens is 2. The van der Waals surface area contributed by atoms with Gasteiger partial charge >= 0.3 is 0 Å². The molecule has 0 atom stereocenters. The number of carbonyl (C=O) groups excluding carboxylic acids is 1. The Labute approximate surface area is 153 Å². The molecule has 1 amide bonds. The quantitative estimate of drug-likeness (QED) is 0.676. The Hall–Kier alpha value is -2.19. The standard InChI is InChI=1S/C18H27N5O3/c1-2-22-10-12-23(13-11-22)9-4-8-19-16(24)6-7-17-20-18(21-26-17)15-5-3-14-25-15/h3,5,14H,2,4,6-13H2,1H3,(H,19,24). The van der Waals surface area contributed by atoms with Crippen LogP contribution in [-0.2, 0) is 11.2 Å². The molecule has 0 saturated carbocycles. The van der Waals surface area contributed by atoms with E-state index in [0.717, 1.165) is 45.7 Å². The molecule has 26 heavy (non-hydrogen) atoms. The van der Waals surface area contributed by atoms with Crippen molar-refractivity contribution in [2.75, 3.05) is 45.8 Å². The van der Waals surface area contributed by atoms with E-state index in [2.05, 4.69) is 32.2 Å². The Morgan fingerprint density at radius 3 is 2.81 bits per heavy atom. The lowest BCUT2D eigenvalue weighted by atomic mass is 10.2. The van der Waals surface area contributed by atoms with Gasteiger partial charge in [-0.2, -0.15) is 4.98 Å². The van der Waals surface area contributed by atoms with Crippen LogP contribution in [0, 0.1) is 0 Å². The number of piperazine rings is 1. The summed E-state index contributed by atoms with van der Waals surface area (Å²) in [6.45, 7) is 9.61. The third-order valence-electron chi connectivity index (χ3n) is 4.66. The van der Waals surface area contributed by atoms with Crippen LogP contribution >= 0.6 is 0 Å². The van der Waals surface area contributed by atoms with Gasteiger partial charge in [-0.05, 0) is 31.6 Å². The van der Waals surface area contributed by atoms with Crippen molar-refractivity contribution in [3.05, 3.63) is 24.3 Å². The van der Waals surface area contributed by atoms with Crippen molar-refractivity contribution in [1.29, 1.82) is 0 Å². The van der Waals surface area contributed by atoms with Crippen molar-refractivity contribution in [1.82, 2.24) is 25.3 Å². The average molecular weight is 361 g/mol. The number of rotatable bonds is 9. The van der Waals surface area contributed by atoms with Gasteiger partial charge in [0, 0.05) is 45.6 Å². The van der Waals surface area contributed by atoms with E-state index in [-0.39, 0.29) is 5.91 Å². The van der Waals surface area contributed by atoms with Crippen LogP contribution in [0.2, 0.25) is 0 Å². The lowest BCUT2D eigenvalue weighted by Gasteiger charge is -2.33. The molecule has 0 radical (unpaired) electrons. The van der Waals surface area contributed by atoms with Gasteiger partial charge in [0.15, 0.2) is 5.76 Å². The zero-order chi connectivity index (χ0) is 18.2. The van der Waals surface area contributed by atoms with Gasteiger partial charge < -0.3 is 24.1 Å². The summed E-state index contributed by atoms with van der Waals surface area (Å²) in [5.41, 5.74) is 0. The van der Waals surface area contributed by atoms with E-state index in [1.807, 2.05) is 0 Å². The zero-order valence-corrected chi connectivity index (χ0v) is 15.3. The Morgan fingerprint density at radius 2 is 2.08 bits per heavy atom. The number of aryl methyl sites for hydroxylation is 1. The SMILES string of the molecule is CCN1CCN(CCCNC(=O)CCc2nc(-c3ccco3)no2)CC1. The monoisotopic (exact) mass is 361 g/mol. The summed E-state index contributed by atoms with van der Waals surface area (Å²) >= 11 is 0. The van der Waals surface area contributed by atoms with Crippen LogP contribution in [0.4, 0.5) is 0 Å².